The predicted molar refractivity (Wildman–Crippen MR) is 129 cm³/mol. The van der Waals surface area contributed by atoms with E-state index in [1.54, 1.807) is 19.1 Å². The van der Waals surface area contributed by atoms with Crippen molar-refractivity contribution in [3.63, 3.8) is 0 Å². The van der Waals surface area contributed by atoms with Crippen LogP contribution in [-0.4, -0.2) is 20.8 Å². The minimum atomic E-state index is -0.880. The summed E-state index contributed by atoms with van der Waals surface area (Å²) in [7, 11) is 0. The molecule has 0 saturated carbocycles. The fraction of sp³-hybridized carbons (Fsp3) is 0.160. The van der Waals surface area contributed by atoms with Crippen molar-refractivity contribution in [2.75, 3.05) is 5.32 Å². The molecule has 2 N–H and O–H groups in total. The van der Waals surface area contributed by atoms with E-state index in [4.69, 9.17) is 0 Å². The van der Waals surface area contributed by atoms with Crippen LogP contribution in [0.25, 0.3) is 5.69 Å². The molecule has 0 fully saturated rings. The second kappa shape index (κ2) is 10.6. The number of amides is 2. The van der Waals surface area contributed by atoms with E-state index in [1.807, 2.05) is 35.8 Å². The number of aromatic nitrogens is 3. The Morgan fingerprint density at radius 2 is 1.66 bits per heavy atom. The molecule has 3 aromatic carbocycles. The van der Waals surface area contributed by atoms with Crippen molar-refractivity contribution in [3.8, 4) is 5.69 Å². The quantitative estimate of drug-likeness (QED) is 0.300. The molecule has 0 bridgehead atoms. The van der Waals surface area contributed by atoms with Crippen molar-refractivity contribution >= 4 is 23.5 Å². The van der Waals surface area contributed by atoms with Crippen molar-refractivity contribution < 1.29 is 18.0 Å². The van der Waals surface area contributed by atoms with Crippen LogP contribution in [0.3, 0.4) is 0 Å². The number of halogens is 3. The first-order chi connectivity index (χ1) is 16.8. The van der Waals surface area contributed by atoms with Crippen molar-refractivity contribution in [3.05, 3.63) is 101 Å². The molecule has 4 aromatic rings. The van der Waals surface area contributed by atoms with Crippen molar-refractivity contribution in [2.45, 2.75) is 30.8 Å². The standard InChI is InChI=1S/C25H22F3N5OS/c1-15-3-10-20(11-4-15)33-23(31-32-25(33)35-14-17-5-7-18(26)8-6-17)16(2)29-24(34)30-22-12-9-19(27)13-21(22)28/h3-13,16H,14H2,1-2H3,(H2,29,30,34). The Morgan fingerprint density at radius 1 is 0.971 bits per heavy atom. The fourth-order valence-corrected chi connectivity index (χ4v) is 4.25. The Hall–Kier alpha value is -3.79. The number of hydrogen-bond acceptors (Lipinski definition) is 4. The third-order valence-electron chi connectivity index (χ3n) is 5.15. The number of aryl methyl sites for hydroxylation is 1. The molecule has 35 heavy (non-hydrogen) atoms. The zero-order valence-electron chi connectivity index (χ0n) is 18.9. The molecule has 1 aromatic heterocycles. The third kappa shape index (κ3) is 6.02. The van der Waals surface area contributed by atoms with E-state index in [2.05, 4.69) is 20.8 Å². The number of thioether (sulfide) groups is 1. The maximum Gasteiger partial charge on any atom is 0.319 e. The largest absolute Gasteiger partial charge is 0.328 e. The predicted octanol–water partition coefficient (Wildman–Crippen LogP) is 6.17. The van der Waals surface area contributed by atoms with Gasteiger partial charge in [-0.05, 0) is 55.8 Å². The van der Waals surface area contributed by atoms with Crippen LogP contribution in [0.1, 0.15) is 29.9 Å². The van der Waals surface area contributed by atoms with Gasteiger partial charge >= 0.3 is 6.03 Å². The smallest absolute Gasteiger partial charge is 0.319 e. The molecule has 1 unspecified atom stereocenters. The van der Waals surface area contributed by atoms with Crippen LogP contribution < -0.4 is 10.6 Å². The van der Waals surface area contributed by atoms with Gasteiger partial charge in [0.15, 0.2) is 11.0 Å². The number of rotatable bonds is 7. The first-order valence-electron chi connectivity index (χ1n) is 10.7. The highest BCUT2D eigenvalue weighted by Crippen LogP contribution is 2.28. The van der Waals surface area contributed by atoms with Crippen molar-refractivity contribution in [2.24, 2.45) is 0 Å². The monoisotopic (exact) mass is 497 g/mol. The summed E-state index contributed by atoms with van der Waals surface area (Å²) in [5, 5.41) is 14.3. The lowest BCUT2D eigenvalue weighted by molar-refractivity contribution is 0.248. The average molecular weight is 498 g/mol. The molecular formula is C25H22F3N5OS. The molecule has 0 aliphatic carbocycles. The Kier molecular flexibility index (Phi) is 7.40. The highest BCUT2D eigenvalue weighted by atomic mass is 32.2. The minimum Gasteiger partial charge on any atom is -0.328 e. The van der Waals surface area contributed by atoms with Gasteiger partial charge < -0.3 is 10.6 Å². The summed E-state index contributed by atoms with van der Waals surface area (Å²) in [4.78, 5) is 12.5. The molecule has 0 radical (unpaired) electrons. The van der Waals surface area contributed by atoms with Gasteiger partial charge in [0.2, 0.25) is 0 Å². The maximum absolute atomic E-state index is 13.9. The van der Waals surface area contributed by atoms with E-state index in [0.717, 1.165) is 28.9 Å². The lowest BCUT2D eigenvalue weighted by Crippen LogP contribution is -2.32. The Bertz CT molecular complexity index is 1330. The molecule has 2 amide bonds. The summed E-state index contributed by atoms with van der Waals surface area (Å²) in [6.07, 6.45) is 0. The molecule has 1 heterocycles. The molecular weight excluding hydrogens is 475 g/mol. The third-order valence-corrected chi connectivity index (χ3v) is 6.15. The number of nitrogens with zero attached hydrogens (tertiary/aromatic N) is 3. The fourth-order valence-electron chi connectivity index (χ4n) is 3.33. The summed E-state index contributed by atoms with van der Waals surface area (Å²) in [5.74, 6) is -0.919. The molecule has 4 rings (SSSR count). The van der Waals surface area contributed by atoms with Gasteiger partial charge in [0, 0.05) is 17.5 Å². The van der Waals surface area contributed by atoms with E-state index < -0.39 is 23.7 Å². The van der Waals surface area contributed by atoms with Crippen molar-refractivity contribution in [1.82, 2.24) is 20.1 Å². The number of hydrogen-bond donors (Lipinski definition) is 2. The Labute approximate surface area is 204 Å². The molecule has 0 saturated heterocycles. The Balaban J connectivity index is 1.56. The highest BCUT2D eigenvalue weighted by molar-refractivity contribution is 7.98. The van der Waals surface area contributed by atoms with Gasteiger partial charge in [0.05, 0.1) is 11.7 Å². The van der Waals surface area contributed by atoms with E-state index in [-0.39, 0.29) is 11.5 Å². The van der Waals surface area contributed by atoms with E-state index in [9.17, 15) is 18.0 Å². The SMILES string of the molecule is Cc1ccc(-n2c(SCc3ccc(F)cc3)nnc2C(C)NC(=O)Nc2ccc(F)cc2F)cc1. The second-order valence-electron chi connectivity index (χ2n) is 7.87. The maximum atomic E-state index is 13.9. The van der Waals surface area contributed by atoms with Gasteiger partial charge in [-0.15, -0.1) is 10.2 Å². The lowest BCUT2D eigenvalue weighted by atomic mass is 10.2. The average Bonchev–Trinajstić information content (AvgIpc) is 3.25. The van der Waals surface area contributed by atoms with Gasteiger partial charge in [0.25, 0.3) is 0 Å². The number of benzene rings is 3. The van der Waals surface area contributed by atoms with Crippen LogP contribution in [0.2, 0.25) is 0 Å². The summed E-state index contributed by atoms with van der Waals surface area (Å²) in [5.41, 5.74) is 2.65. The summed E-state index contributed by atoms with van der Waals surface area (Å²) >= 11 is 1.42. The molecule has 180 valence electrons. The number of anilines is 1. The normalized spacial score (nSPS) is 11.8. The van der Waals surface area contributed by atoms with E-state index in [1.165, 1.54) is 23.9 Å². The van der Waals surface area contributed by atoms with Gasteiger partial charge in [-0.2, -0.15) is 0 Å². The molecule has 6 nitrogen and oxygen atoms in total. The summed E-state index contributed by atoms with van der Waals surface area (Å²) < 4.78 is 42.1. The minimum absolute atomic E-state index is 0.147. The summed E-state index contributed by atoms with van der Waals surface area (Å²) in [6, 6.07) is 15.6. The van der Waals surface area contributed by atoms with E-state index in [0.29, 0.717) is 22.8 Å². The summed E-state index contributed by atoms with van der Waals surface area (Å²) in [6.45, 7) is 3.70. The highest BCUT2D eigenvalue weighted by Gasteiger charge is 2.21. The zero-order chi connectivity index (χ0) is 24.9. The first kappa shape index (κ1) is 24.3. The molecule has 0 aliphatic rings. The van der Waals surface area contributed by atoms with Gasteiger partial charge in [-0.1, -0.05) is 41.6 Å². The topological polar surface area (TPSA) is 71.8 Å². The van der Waals surface area contributed by atoms with Gasteiger partial charge in [-0.3, -0.25) is 4.57 Å². The molecule has 10 heteroatoms. The molecule has 0 aliphatic heterocycles. The Morgan fingerprint density at radius 3 is 2.34 bits per heavy atom. The molecule has 1 atom stereocenters. The lowest BCUT2D eigenvalue weighted by Gasteiger charge is -2.17. The van der Waals surface area contributed by atoms with Crippen LogP contribution in [0.4, 0.5) is 23.7 Å². The number of urea groups is 1. The van der Waals surface area contributed by atoms with Gasteiger partial charge in [0.1, 0.15) is 17.5 Å². The van der Waals surface area contributed by atoms with Gasteiger partial charge in [-0.25, -0.2) is 18.0 Å². The number of nitrogens with one attached hydrogen (secondary N) is 2. The van der Waals surface area contributed by atoms with Crippen LogP contribution >= 0.6 is 11.8 Å². The zero-order valence-corrected chi connectivity index (χ0v) is 19.7. The van der Waals surface area contributed by atoms with E-state index >= 15 is 0 Å². The van der Waals surface area contributed by atoms with Crippen LogP contribution in [0.15, 0.2) is 71.9 Å². The number of carbonyl (C=O) groups excluding carboxylic acids is 1. The molecule has 0 spiro atoms. The van der Waals surface area contributed by atoms with Crippen LogP contribution in [0.5, 0.6) is 0 Å². The second-order valence-corrected chi connectivity index (χ2v) is 8.81. The van der Waals surface area contributed by atoms with Crippen molar-refractivity contribution in [1.29, 1.82) is 0 Å². The number of carbonyl (C=O) groups is 1. The van der Waals surface area contributed by atoms with Crippen LogP contribution in [-0.2, 0) is 5.75 Å². The first-order valence-corrected chi connectivity index (χ1v) is 11.7. The van der Waals surface area contributed by atoms with Crippen LogP contribution in [0, 0.1) is 24.4 Å².